The molecule has 2 heterocycles. The zero-order valence-electron chi connectivity index (χ0n) is 19.8. The zero-order chi connectivity index (χ0) is 24.8. The number of hydrogen-bond donors (Lipinski definition) is 1. The fraction of sp³-hybridized carbons (Fsp3) is 0.269. The van der Waals surface area contributed by atoms with Gasteiger partial charge in [-0.05, 0) is 68.1 Å². The third-order valence-electron chi connectivity index (χ3n) is 5.31. The van der Waals surface area contributed by atoms with Gasteiger partial charge < -0.3 is 24.4 Å². The molecule has 2 aromatic rings. The first kappa shape index (κ1) is 24.4. The molecule has 0 saturated heterocycles. The molecule has 0 aromatic heterocycles. The fourth-order valence-corrected chi connectivity index (χ4v) is 4.61. The molecule has 0 unspecified atom stereocenters. The van der Waals surface area contributed by atoms with E-state index in [4.69, 9.17) is 14.2 Å². The molecular weight excluding hydrogens is 466 g/mol. The monoisotopic (exact) mass is 493 g/mol. The Labute approximate surface area is 208 Å². The van der Waals surface area contributed by atoms with Crippen LogP contribution in [0.25, 0.3) is 0 Å². The van der Waals surface area contributed by atoms with Gasteiger partial charge in [0.05, 0.1) is 30.5 Å². The predicted octanol–water partition coefficient (Wildman–Crippen LogP) is 4.87. The molecule has 35 heavy (non-hydrogen) atoms. The van der Waals surface area contributed by atoms with Crippen LogP contribution in [0.3, 0.4) is 0 Å². The molecule has 1 N–H and O–H groups in total. The van der Waals surface area contributed by atoms with E-state index in [1.54, 1.807) is 37.3 Å². The van der Waals surface area contributed by atoms with Crippen molar-refractivity contribution in [2.24, 2.45) is 4.99 Å². The van der Waals surface area contributed by atoms with Crippen molar-refractivity contribution in [2.75, 3.05) is 25.1 Å². The van der Waals surface area contributed by atoms with Gasteiger partial charge in [0.15, 0.2) is 11.8 Å². The van der Waals surface area contributed by atoms with Crippen LogP contribution in [0, 0.1) is 0 Å². The van der Waals surface area contributed by atoms with Gasteiger partial charge in [0, 0.05) is 11.9 Å². The molecule has 9 heteroatoms. The number of anilines is 1. The number of rotatable bonds is 9. The number of thioether (sulfide) groups is 1. The van der Waals surface area contributed by atoms with Crippen LogP contribution < -0.4 is 14.8 Å². The summed E-state index contributed by atoms with van der Waals surface area (Å²) in [6.07, 6.45) is 1.90. The highest BCUT2D eigenvalue weighted by Gasteiger charge is 2.37. The molecule has 2 aromatic carbocycles. The summed E-state index contributed by atoms with van der Waals surface area (Å²) >= 11 is 1.50. The molecule has 0 saturated carbocycles. The molecule has 1 amide bonds. The Morgan fingerprint density at radius 3 is 2.60 bits per heavy atom. The average molecular weight is 494 g/mol. The normalized spacial score (nSPS) is 16.5. The second kappa shape index (κ2) is 11.1. The Balaban J connectivity index is 1.47. The largest absolute Gasteiger partial charge is 0.494 e. The smallest absolute Gasteiger partial charge is 0.338 e. The topological polar surface area (TPSA) is 89.5 Å². The second-order valence-corrected chi connectivity index (χ2v) is 8.57. The van der Waals surface area contributed by atoms with Gasteiger partial charge in [-0.3, -0.25) is 4.79 Å². The molecule has 0 spiro atoms. The summed E-state index contributed by atoms with van der Waals surface area (Å²) in [5.41, 5.74) is 2.59. The third kappa shape index (κ3) is 5.68. The number of allylic oxidation sites excluding steroid dienone is 1. The molecule has 4 rings (SSSR count). The number of amides is 1. The van der Waals surface area contributed by atoms with Crippen molar-refractivity contribution in [2.45, 2.75) is 26.8 Å². The van der Waals surface area contributed by atoms with Gasteiger partial charge in [0.1, 0.15) is 11.5 Å². The van der Waals surface area contributed by atoms with Crippen molar-refractivity contribution in [1.82, 2.24) is 4.90 Å². The van der Waals surface area contributed by atoms with Crippen molar-refractivity contribution in [3.05, 3.63) is 77.0 Å². The van der Waals surface area contributed by atoms with E-state index in [0.717, 1.165) is 16.5 Å². The van der Waals surface area contributed by atoms with E-state index in [2.05, 4.69) is 10.3 Å². The van der Waals surface area contributed by atoms with Gasteiger partial charge in [-0.2, -0.15) is 0 Å². The molecular formula is C26H27N3O5S. The lowest BCUT2D eigenvalue weighted by atomic mass is 9.94. The van der Waals surface area contributed by atoms with Gasteiger partial charge >= 0.3 is 5.97 Å². The first-order valence-corrected chi connectivity index (χ1v) is 12.2. The average Bonchev–Trinajstić information content (AvgIpc) is 3.31. The Morgan fingerprint density at radius 1 is 1.06 bits per heavy atom. The number of aliphatic imine (C=N–C) groups is 1. The van der Waals surface area contributed by atoms with Gasteiger partial charge in [-0.1, -0.05) is 23.9 Å². The summed E-state index contributed by atoms with van der Waals surface area (Å²) in [6.45, 7) is 6.20. The SMILES string of the molecule is CCOC(=O)C1=C(C)N=C2SC=CN2[C@H]1c1cccc(OCC(=O)Nc2ccc(OCC)cc2)c1. The summed E-state index contributed by atoms with van der Waals surface area (Å²) < 4.78 is 16.5. The molecule has 182 valence electrons. The fourth-order valence-electron chi connectivity index (χ4n) is 3.82. The second-order valence-electron chi connectivity index (χ2n) is 7.69. The van der Waals surface area contributed by atoms with Gasteiger partial charge in [0.2, 0.25) is 0 Å². The summed E-state index contributed by atoms with van der Waals surface area (Å²) in [5, 5.41) is 5.53. The number of carbonyl (C=O) groups is 2. The van der Waals surface area contributed by atoms with Crippen LogP contribution >= 0.6 is 11.8 Å². The number of hydrogen-bond acceptors (Lipinski definition) is 8. The highest BCUT2D eigenvalue weighted by Crippen LogP contribution is 2.41. The van der Waals surface area contributed by atoms with E-state index in [9.17, 15) is 9.59 Å². The van der Waals surface area contributed by atoms with Crippen molar-refractivity contribution in [3.8, 4) is 11.5 Å². The standard InChI is InChI=1S/C26H27N3O5S/c1-4-32-20-11-9-19(10-12-20)28-22(30)16-34-21-8-6-7-18(15-21)24-23(25(31)33-5-2)17(3)27-26-29(24)13-14-35-26/h6-15,24H,4-5,16H2,1-3H3,(H,28,30)/t24-/m0/s1. The predicted molar refractivity (Wildman–Crippen MR) is 136 cm³/mol. The van der Waals surface area contributed by atoms with Crippen molar-refractivity contribution in [1.29, 1.82) is 0 Å². The van der Waals surface area contributed by atoms with Crippen molar-refractivity contribution >= 4 is 34.5 Å². The zero-order valence-corrected chi connectivity index (χ0v) is 20.6. The molecule has 0 aliphatic carbocycles. The third-order valence-corrected chi connectivity index (χ3v) is 6.08. The van der Waals surface area contributed by atoms with Crippen molar-refractivity contribution < 1.29 is 23.8 Å². The highest BCUT2D eigenvalue weighted by atomic mass is 32.2. The van der Waals surface area contributed by atoms with Crippen LogP contribution in [0.15, 0.2) is 76.4 Å². The Kier molecular flexibility index (Phi) is 7.77. The maximum atomic E-state index is 12.8. The van der Waals surface area contributed by atoms with E-state index >= 15 is 0 Å². The number of ether oxygens (including phenoxy) is 3. The Bertz CT molecular complexity index is 1190. The number of nitrogens with zero attached hydrogens (tertiary/aromatic N) is 2. The van der Waals surface area contributed by atoms with Crippen LogP contribution in [0.1, 0.15) is 32.4 Å². The number of benzene rings is 2. The van der Waals surface area contributed by atoms with E-state index in [0.29, 0.717) is 29.3 Å². The van der Waals surface area contributed by atoms with Crippen LogP contribution in [-0.4, -0.2) is 41.8 Å². The van der Waals surface area contributed by atoms with Crippen LogP contribution in [0.2, 0.25) is 0 Å². The van der Waals surface area contributed by atoms with Gasteiger partial charge in [-0.15, -0.1) is 0 Å². The first-order valence-electron chi connectivity index (χ1n) is 11.3. The number of nitrogens with one attached hydrogen (secondary N) is 1. The van der Waals surface area contributed by atoms with Crippen molar-refractivity contribution in [3.63, 3.8) is 0 Å². The van der Waals surface area contributed by atoms with E-state index < -0.39 is 12.0 Å². The number of fused-ring (bicyclic) bond motifs is 1. The summed E-state index contributed by atoms with van der Waals surface area (Å²) in [7, 11) is 0. The lowest BCUT2D eigenvalue weighted by Gasteiger charge is -2.33. The van der Waals surface area contributed by atoms with E-state index in [-0.39, 0.29) is 19.1 Å². The first-order chi connectivity index (χ1) is 17.0. The molecule has 2 aliphatic heterocycles. The maximum absolute atomic E-state index is 12.8. The van der Waals surface area contributed by atoms with E-state index in [1.165, 1.54) is 11.8 Å². The van der Waals surface area contributed by atoms with Gasteiger partial charge in [-0.25, -0.2) is 9.79 Å². The Hall–Kier alpha value is -3.72. The quantitative estimate of drug-likeness (QED) is 0.499. The van der Waals surface area contributed by atoms with Crippen LogP contribution in [-0.2, 0) is 14.3 Å². The minimum atomic E-state index is -0.408. The molecule has 1 atom stereocenters. The minimum Gasteiger partial charge on any atom is -0.494 e. The van der Waals surface area contributed by atoms with E-state index in [1.807, 2.05) is 48.6 Å². The molecule has 0 fully saturated rings. The lowest BCUT2D eigenvalue weighted by Crippen LogP contribution is -2.34. The maximum Gasteiger partial charge on any atom is 0.338 e. The number of amidine groups is 1. The Morgan fingerprint density at radius 2 is 1.86 bits per heavy atom. The summed E-state index contributed by atoms with van der Waals surface area (Å²) in [4.78, 5) is 31.7. The number of carbonyl (C=O) groups excluding carboxylic acids is 2. The van der Waals surface area contributed by atoms with Gasteiger partial charge in [0.25, 0.3) is 5.91 Å². The van der Waals surface area contributed by atoms with Crippen LogP contribution in [0.4, 0.5) is 5.69 Å². The van der Waals surface area contributed by atoms with Crippen LogP contribution in [0.5, 0.6) is 11.5 Å². The minimum absolute atomic E-state index is 0.160. The highest BCUT2D eigenvalue weighted by molar-refractivity contribution is 8.16. The molecule has 0 bridgehead atoms. The number of esters is 1. The lowest BCUT2D eigenvalue weighted by molar-refractivity contribution is -0.139. The molecule has 8 nitrogen and oxygen atoms in total. The summed E-state index contributed by atoms with van der Waals surface area (Å²) in [5.74, 6) is 0.579. The molecule has 2 aliphatic rings. The summed E-state index contributed by atoms with van der Waals surface area (Å²) in [6, 6.07) is 14.1. The molecule has 0 radical (unpaired) electrons.